The lowest BCUT2D eigenvalue weighted by molar-refractivity contribution is -0.141. The van der Waals surface area contributed by atoms with Crippen LogP contribution in [0.3, 0.4) is 0 Å². The molecule has 0 saturated carbocycles. The van der Waals surface area contributed by atoms with Crippen molar-refractivity contribution in [3.8, 4) is 0 Å². The maximum atomic E-state index is 13.2. The molecule has 3 heterocycles. The molecule has 27 heavy (non-hydrogen) atoms. The van der Waals surface area contributed by atoms with E-state index < -0.39 is 0 Å². The Morgan fingerprint density at radius 3 is 2.67 bits per heavy atom. The Morgan fingerprint density at radius 2 is 1.89 bits per heavy atom. The molecule has 2 fully saturated rings. The van der Waals surface area contributed by atoms with E-state index in [0.717, 1.165) is 29.3 Å². The number of piperidine rings is 1. The fraction of sp³-hybridized carbons (Fsp3) is 0.524. The molecule has 144 valence electrons. The summed E-state index contributed by atoms with van der Waals surface area (Å²) in [6.07, 6.45) is 1.72. The molecule has 1 aromatic heterocycles. The van der Waals surface area contributed by atoms with Crippen LogP contribution in [0.5, 0.6) is 0 Å². The molecular weight excluding hydrogens is 342 g/mol. The number of rotatable bonds is 2. The first-order valence-corrected chi connectivity index (χ1v) is 9.79. The molecule has 2 aromatic rings. The second-order valence-corrected chi connectivity index (χ2v) is 7.70. The summed E-state index contributed by atoms with van der Waals surface area (Å²) in [5.41, 5.74) is 3.80. The van der Waals surface area contributed by atoms with Crippen LogP contribution in [0.1, 0.15) is 34.5 Å². The third kappa shape index (κ3) is 3.46. The van der Waals surface area contributed by atoms with Gasteiger partial charge in [-0.1, -0.05) is 11.6 Å². The topological polar surface area (TPSA) is 65.6 Å². The highest BCUT2D eigenvalue weighted by atomic mass is 16.5. The van der Waals surface area contributed by atoms with Gasteiger partial charge in [0.15, 0.2) is 0 Å². The van der Waals surface area contributed by atoms with Crippen molar-refractivity contribution < 1.29 is 14.3 Å². The second kappa shape index (κ2) is 7.35. The minimum atomic E-state index is -0.104. The monoisotopic (exact) mass is 369 g/mol. The number of hydrogen-bond acceptors (Lipinski definition) is 3. The summed E-state index contributed by atoms with van der Waals surface area (Å²) in [5, 5.41) is 1.09. The fourth-order valence-corrected chi connectivity index (χ4v) is 4.22. The molecule has 2 aliphatic heterocycles. The zero-order chi connectivity index (χ0) is 19.0. The number of carbonyl (C=O) groups is 2. The Hall–Kier alpha value is -2.34. The first kappa shape index (κ1) is 18.0. The van der Waals surface area contributed by atoms with Crippen LogP contribution >= 0.6 is 0 Å². The number of benzene rings is 1. The number of fused-ring (bicyclic) bond motifs is 1. The number of likely N-dealkylation sites (tertiary alicyclic amines) is 1. The van der Waals surface area contributed by atoms with Crippen molar-refractivity contribution >= 4 is 22.7 Å². The van der Waals surface area contributed by atoms with Gasteiger partial charge in [-0.2, -0.15) is 0 Å². The van der Waals surface area contributed by atoms with Crippen molar-refractivity contribution in [3.63, 3.8) is 0 Å². The van der Waals surface area contributed by atoms with Crippen molar-refractivity contribution in [3.05, 3.63) is 35.0 Å². The summed E-state index contributed by atoms with van der Waals surface area (Å²) in [5.74, 6) is 0.0633. The summed E-state index contributed by atoms with van der Waals surface area (Å²) < 4.78 is 5.34. The molecule has 2 amide bonds. The van der Waals surface area contributed by atoms with Crippen LogP contribution in [-0.4, -0.2) is 66.0 Å². The number of nitrogens with zero attached hydrogens (tertiary/aromatic N) is 2. The predicted molar refractivity (Wildman–Crippen MR) is 104 cm³/mol. The lowest BCUT2D eigenvalue weighted by atomic mass is 9.95. The van der Waals surface area contributed by atoms with Crippen molar-refractivity contribution in [2.75, 3.05) is 39.4 Å². The van der Waals surface area contributed by atoms with Gasteiger partial charge in [0, 0.05) is 37.1 Å². The van der Waals surface area contributed by atoms with Gasteiger partial charge in [0.2, 0.25) is 5.91 Å². The standard InChI is InChI=1S/C21H27N3O3/c1-14-5-6-18-17(12-14)15(2)19(22-18)21(26)24-7-3-4-16(13-24)20(25)23-8-10-27-11-9-23/h5-6,12,16,22H,3-4,7-11,13H2,1-2H3/t16-/m0/s1. The van der Waals surface area contributed by atoms with Crippen LogP contribution in [-0.2, 0) is 9.53 Å². The van der Waals surface area contributed by atoms with Crippen LogP contribution in [0.25, 0.3) is 10.9 Å². The number of H-pyrrole nitrogens is 1. The third-order valence-corrected chi connectivity index (χ3v) is 5.81. The number of amides is 2. The zero-order valence-corrected chi connectivity index (χ0v) is 16.1. The van der Waals surface area contributed by atoms with Crippen molar-refractivity contribution in [2.24, 2.45) is 5.92 Å². The van der Waals surface area contributed by atoms with E-state index >= 15 is 0 Å². The van der Waals surface area contributed by atoms with E-state index in [1.165, 1.54) is 5.56 Å². The van der Waals surface area contributed by atoms with E-state index in [1.807, 2.05) is 28.9 Å². The summed E-state index contributed by atoms with van der Waals surface area (Å²) in [4.78, 5) is 33.0. The van der Waals surface area contributed by atoms with Crippen molar-refractivity contribution in [2.45, 2.75) is 26.7 Å². The van der Waals surface area contributed by atoms with E-state index in [9.17, 15) is 9.59 Å². The first-order chi connectivity index (χ1) is 13.0. The quantitative estimate of drug-likeness (QED) is 0.885. The van der Waals surface area contributed by atoms with Gasteiger partial charge in [0.1, 0.15) is 5.69 Å². The van der Waals surface area contributed by atoms with Gasteiger partial charge >= 0.3 is 0 Å². The SMILES string of the molecule is Cc1ccc2[nH]c(C(=O)N3CCC[C@H](C(=O)N4CCOCC4)C3)c(C)c2c1. The molecule has 4 rings (SSSR count). The van der Waals surface area contributed by atoms with Gasteiger partial charge < -0.3 is 19.5 Å². The van der Waals surface area contributed by atoms with Gasteiger partial charge in [0.05, 0.1) is 19.1 Å². The number of ether oxygens (including phenoxy) is 1. The Kier molecular flexibility index (Phi) is 4.91. The van der Waals surface area contributed by atoms with Crippen molar-refractivity contribution in [1.29, 1.82) is 0 Å². The average molecular weight is 369 g/mol. The highest BCUT2D eigenvalue weighted by Gasteiger charge is 2.33. The van der Waals surface area contributed by atoms with Gasteiger partial charge in [0.25, 0.3) is 5.91 Å². The van der Waals surface area contributed by atoms with Gasteiger partial charge in [-0.3, -0.25) is 9.59 Å². The first-order valence-electron chi connectivity index (χ1n) is 9.79. The summed E-state index contributed by atoms with van der Waals surface area (Å²) >= 11 is 0. The number of carbonyl (C=O) groups excluding carboxylic acids is 2. The molecule has 1 N–H and O–H groups in total. The van der Waals surface area contributed by atoms with Crippen LogP contribution in [0.2, 0.25) is 0 Å². The molecule has 0 spiro atoms. The average Bonchev–Trinajstić information content (AvgIpc) is 3.03. The molecule has 6 heteroatoms. The number of aromatic nitrogens is 1. The molecular formula is C21H27N3O3. The molecule has 0 bridgehead atoms. The van der Waals surface area contributed by atoms with E-state index in [0.29, 0.717) is 45.1 Å². The Labute approximate surface area is 159 Å². The van der Waals surface area contributed by atoms with E-state index in [4.69, 9.17) is 4.74 Å². The van der Waals surface area contributed by atoms with Gasteiger partial charge in [-0.05, 0) is 44.4 Å². The van der Waals surface area contributed by atoms with E-state index in [1.54, 1.807) is 0 Å². The molecule has 1 aromatic carbocycles. The van der Waals surface area contributed by atoms with Gasteiger partial charge in [-0.15, -0.1) is 0 Å². The lowest BCUT2D eigenvalue weighted by Crippen LogP contribution is -2.49. The van der Waals surface area contributed by atoms with Crippen LogP contribution in [0.4, 0.5) is 0 Å². The highest BCUT2D eigenvalue weighted by Crippen LogP contribution is 2.26. The molecule has 1 atom stereocenters. The molecule has 2 saturated heterocycles. The third-order valence-electron chi connectivity index (χ3n) is 5.81. The fourth-order valence-electron chi connectivity index (χ4n) is 4.22. The Bertz CT molecular complexity index is 867. The maximum Gasteiger partial charge on any atom is 0.270 e. The zero-order valence-electron chi connectivity index (χ0n) is 16.1. The Balaban J connectivity index is 1.52. The lowest BCUT2D eigenvalue weighted by Gasteiger charge is -2.36. The summed E-state index contributed by atoms with van der Waals surface area (Å²) in [7, 11) is 0. The number of nitrogens with one attached hydrogen (secondary N) is 1. The van der Waals surface area contributed by atoms with Crippen LogP contribution in [0.15, 0.2) is 18.2 Å². The highest BCUT2D eigenvalue weighted by molar-refractivity contribution is 6.01. The second-order valence-electron chi connectivity index (χ2n) is 7.70. The molecule has 0 radical (unpaired) electrons. The van der Waals surface area contributed by atoms with Crippen LogP contribution in [0, 0.1) is 19.8 Å². The number of morpholine rings is 1. The molecule has 0 aliphatic carbocycles. The minimum absolute atomic E-state index is 0.000769. The molecule has 6 nitrogen and oxygen atoms in total. The Morgan fingerprint density at radius 1 is 1.11 bits per heavy atom. The van der Waals surface area contributed by atoms with E-state index in [2.05, 4.69) is 18.0 Å². The predicted octanol–water partition coefficient (Wildman–Crippen LogP) is 2.50. The minimum Gasteiger partial charge on any atom is -0.378 e. The summed E-state index contributed by atoms with van der Waals surface area (Å²) in [6.45, 7) is 7.78. The normalized spacial score (nSPS) is 20.9. The number of aromatic amines is 1. The van der Waals surface area contributed by atoms with Crippen LogP contribution < -0.4 is 0 Å². The van der Waals surface area contributed by atoms with E-state index in [-0.39, 0.29) is 17.7 Å². The molecule has 0 unspecified atom stereocenters. The van der Waals surface area contributed by atoms with Gasteiger partial charge in [-0.25, -0.2) is 0 Å². The summed E-state index contributed by atoms with van der Waals surface area (Å²) in [6, 6.07) is 6.18. The smallest absolute Gasteiger partial charge is 0.270 e. The number of hydrogen-bond donors (Lipinski definition) is 1. The van der Waals surface area contributed by atoms with Crippen molar-refractivity contribution in [1.82, 2.24) is 14.8 Å². The maximum absolute atomic E-state index is 13.2. The molecule has 2 aliphatic rings. The number of aryl methyl sites for hydroxylation is 2. The largest absolute Gasteiger partial charge is 0.378 e.